The molecule has 4 aromatic rings. The summed E-state index contributed by atoms with van der Waals surface area (Å²) in [6, 6.07) is 28.9. The molecule has 0 saturated carbocycles. The van der Waals surface area contributed by atoms with Crippen LogP contribution in [0.5, 0.6) is 5.75 Å². The Morgan fingerprint density at radius 3 is 2.02 bits per heavy atom. The van der Waals surface area contributed by atoms with Gasteiger partial charge in [0.1, 0.15) is 29.8 Å². The third kappa shape index (κ3) is 9.51. The number of rotatable bonds is 15. The number of hydrogen-bond donors (Lipinski definition) is 1. The van der Waals surface area contributed by atoms with Crippen molar-refractivity contribution in [3.8, 4) is 5.75 Å². The normalized spacial score (nSPS) is 17.3. The SMILES string of the molecule is COc1ccc(C(OC[C@H]2C[C@H](n3ccc(CC(=O)OC(C)(C)C)nc3=O)O[C@@H]2COC(=O)CCC(=O)O)(c2ccccc2)c2ccccc2)cc1. The lowest BCUT2D eigenvalue weighted by Gasteiger charge is -2.37. The zero-order chi connectivity index (χ0) is 37.3. The number of carbonyl (C=O) groups is 3. The topological polar surface area (TPSA) is 152 Å². The van der Waals surface area contributed by atoms with Crippen LogP contribution in [0.25, 0.3) is 0 Å². The van der Waals surface area contributed by atoms with Gasteiger partial charge in [0.2, 0.25) is 0 Å². The molecule has 5 rings (SSSR count). The summed E-state index contributed by atoms with van der Waals surface area (Å²) in [5, 5.41) is 9.03. The molecule has 52 heavy (non-hydrogen) atoms. The van der Waals surface area contributed by atoms with Gasteiger partial charge in [-0.3, -0.25) is 19.0 Å². The van der Waals surface area contributed by atoms with Crippen molar-refractivity contribution in [2.45, 2.75) is 70.0 Å². The van der Waals surface area contributed by atoms with Gasteiger partial charge in [-0.15, -0.1) is 0 Å². The summed E-state index contributed by atoms with van der Waals surface area (Å²) in [6.07, 6.45) is -0.521. The molecule has 3 aromatic carbocycles. The molecule has 1 aromatic heterocycles. The van der Waals surface area contributed by atoms with Crippen LogP contribution >= 0.6 is 0 Å². The van der Waals surface area contributed by atoms with Crippen LogP contribution in [0.3, 0.4) is 0 Å². The number of ether oxygens (including phenoxy) is 5. The number of aromatic nitrogens is 2. The second kappa shape index (κ2) is 16.8. The summed E-state index contributed by atoms with van der Waals surface area (Å²) >= 11 is 0. The molecule has 1 aliphatic rings. The summed E-state index contributed by atoms with van der Waals surface area (Å²) in [6.45, 7) is 5.20. The first-order valence-corrected chi connectivity index (χ1v) is 17.1. The van der Waals surface area contributed by atoms with Gasteiger partial charge in [-0.2, -0.15) is 4.98 Å². The van der Waals surface area contributed by atoms with Crippen molar-refractivity contribution >= 4 is 17.9 Å². The summed E-state index contributed by atoms with van der Waals surface area (Å²) in [4.78, 5) is 53.3. The molecule has 2 heterocycles. The summed E-state index contributed by atoms with van der Waals surface area (Å²) in [5.41, 5.74) is 0.465. The maximum absolute atomic E-state index is 13.3. The van der Waals surface area contributed by atoms with Crippen molar-refractivity contribution in [3.63, 3.8) is 0 Å². The van der Waals surface area contributed by atoms with Crippen molar-refractivity contribution in [2.24, 2.45) is 5.92 Å². The summed E-state index contributed by atoms with van der Waals surface area (Å²) in [5.74, 6) is -2.00. The maximum Gasteiger partial charge on any atom is 0.349 e. The number of carbonyl (C=O) groups excluding carboxylic acids is 2. The van der Waals surface area contributed by atoms with E-state index >= 15 is 0 Å². The number of hydrogen-bond acceptors (Lipinski definition) is 10. The van der Waals surface area contributed by atoms with Crippen molar-refractivity contribution in [1.29, 1.82) is 0 Å². The average molecular weight is 713 g/mol. The zero-order valence-corrected chi connectivity index (χ0v) is 29.7. The lowest BCUT2D eigenvalue weighted by Crippen LogP contribution is -2.37. The van der Waals surface area contributed by atoms with Gasteiger partial charge in [0.05, 0.1) is 44.8 Å². The van der Waals surface area contributed by atoms with Crippen LogP contribution in [-0.2, 0) is 45.4 Å². The zero-order valence-electron chi connectivity index (χ0n) is 29.7. The molecule has 0 amide bonds. The van der Waals surface area contributed by atoms with Crippen molar-refractivity contribution in [1.82, 2.24) is 9.55 Å². The number of aliphatic carboxylic acids is 1. The molecule has 0 spiro atoms. The molecule has 0 bridgehead atoms. The van der Waals surface area contributed by atoms with E-state index in [-0.39, 0.29) is 38.2 Å². The molecule has 0 radical (unpaired) electrons. The van der Waals surface area contributed by atoms with Crippen LogP contribution in [0.2, 0.25) is 0 Å². The Hall–Kier alpha value is -5.33. The first-order chi connectivity index (χ1) is 24.9. The standard InChI is InChI=1S/C40H44N2O10/c1-39(2,3)52-37(46)24-31-21-22-42(38(47)41-31)34-23-27(33(51-34)26-49-36(45)20-19-35(43)44)25-50-40(28-11-7-5-8-12-28,29-13-9-6-10-14-29)30-15-17-32(48-4)18-16-30/h5-18,21-22,27,33-34H,19-20,23-26H2,1-4H3,(H,43,44)/t27-,33-,34-/m1/s1. The van der Waals surface area contributed by atoms with E-state index in [1.54, 1.807) is 33.9 Å². The van der Waals surface area contributed by atoms with E-state index in [0.29, 0.717) is 12.2 Å². The number of nitrogens with zero attached hydrogens (tertiary/aromatic N) is 2. The van der Waals surface area contributed by atoms with Crippen LogP contribution in [0, 0.1) is 5.92 Å². The minimum Gasteiger partial charge on any atom is -0.497 e. The molecule has 12 nitrogen and oxygen atoms in total. The minimum absolute atomic E-state index is 0.114. The number of carboxylic acids is 1. The second-order valence-corrected chi connectivity index (χ2v) is 13.5. The molecule has 1 saturated heterocycles. The van der Waals surface area contributed by atoms with Gasteiger partial charge in [0, 0.05) is 18.5 Å². The quantitative estimate of drug-likeness (QED) is 0.124. The van der Waals surface area contributed by atoms with E-state index in [1.165, 1.54) is 10.8 Å². The molecule has 274 valence electrons. The fourth-order valence-corrected chi connectivity index (χ4v) is 6.21. The van der Waals surface area contributed by atoms with Gasteiger partial charge >= 0.3 is 23.6 Å². The molecule has 0 unspecified atom stereocenters. The Kier molecular flexibility index (Phi) is 12.2. The van der Waals surface area contributed by atoms with Crippen molar-refractivity contribution in [2.75, 3.05) is 20.3 Å². The van der Waals surface area contributed by atoms with E-state index in [1.807, 2.05) is 84.9 Å². The van der Waals surface area contributed by atoms with Gasteiger partial charge in [-0.25, -0.2) is 4.79 Å². The first kappa shape index (κ1) is 37.9. The highest BCUT2D eigenvalue weighted by atomic mass is 16.6. The third-order valence-electron chi connectivity index (χ3n) is 8.63. The second-order valence-electron chi connectivity index (χ2n) is 13.5. The van der Waals surface area contributed by atoms with Crippen LogP contribution in [0.15, 0.2) is 102 Å². The monoisotopic (exact) mass is 712 g/mol. The maximum atomic E-state index is 13.3. The molecule has 3 atom stereocenters. The van der Waals surface area contributed by atoms with Crippen LogP contribution < -0.4 is 10.4 Å². The molecule has 1 fully saturated rings. The fraction of sp³-hybridized carbons (Fsp3) is 0.375. The Morgan fingerprint density at radius 2 is 1.46 bits per heavy atom. The molecule has 0 aliphatic carbocycles. The van der Waals surface area contributed by atoms with Gasteiger partial charge < -0.3 is 28.8 Å². The Bertz CT molecular complexity index is 1830. The number of carboxylic acid groups (broad SMARTS) is 1. The number of esters is 2. The third-order valence-corrected chi connectivity index (χ3v) is 8.63. The summed E-state index contributed by atoms with van der Waals surface area (Å²) in [7, 11) is 1.60. The predicted octanol–water partition coefficient (Wildman–Crippen LogP) is 5.46. The Morgan fingerprint density at radius 1 is 0.846 bits per heavy atom. The molecule has 1 aliphatic heterocycles. The highest BCUT2D eigenvalue weighted by molar-refractivity contribution is 5.76. The highest BCUT2D eigenvalue weighted by Crippen LogP contribution is 2.43. The van der Waals surface area contributed by atoms with Gasteiger partial charge in [-0.05, 0) is 55.7 Å². The largest absolute Gasteiger partial charge is 0.497 e. The van der Waals surface area contributed by atoms with Gasteiger partial charge in [-0.1, -0.05) is 72.8 Å². The lowest BCUT2D eigenvalue weighted by atomic mass is 9.80. The van der Waals surface area contributed by atoms with E-state index in [2.05, 4.69) is 4.98 Å². The molecular formula is C40H44N2O10. The highest BCUT2D eigenvalue weighted by Gasteiger charge is 2.43. The average Bonchev–Trinajstić information content (AvgIpc) is 3.53. The molecular weight excluding hydrogens is 668 g/mol. The molecule has 12 heteroatoms. The molecule has 1 N–H and O–H groups in total. The van der Waals surface area contributed by atoms with E-state index in [9.17, 15) is 19.2 Å². The van der Waals surface area contributed by atoms with Crippen LogP contribution in [0.4, 0.5) is 0 Å². The van der Waals surface area contributed by atoms with E-state index in [0.717, 1.165) is 16.7 Å². The predicted molar refractivity (Wildman–Crippen MR) is 190 cm³/mol. The Balaban J connectivity index is 1.46. The first-order valence-electron chi connectivity index (χ1n) is 17.1. The van der Waals surface area contributed by atoms with Crippen LogP contribution in [0.1, 0.15) is 68.6 Å². The fourth-order valence-electron chi connectivity index (χ4n) is 6.21. The van der Waals surface area contributed by atoms with Crippen molar-refractivity contribution in [3.05, 3.63) is 130 Å². The van der Waals surface area contributed by atoms with Crippen molar-refractivity contribution < 1.29 is 43.2 Å². The van der Waals surface area contributed by atoms with E-state index in [4.69, 9.17) is 28.8 Å². The minimum atomic E-state index is -1.11. The lowest BCUT2D eigenvalue weighted by molar-refractivity contribution is -0.154. The number of methoxy groups -OCH3 is 1. The van der Waals surface area contributed by atoms with Gasteiger partial charge in [0.15, 0.2) is 0 Å². The van der Waals surface area contributed by atoms with Gasteiger partial charge in [0.25, 0.3) is 0 Å². The van der Waals surface area contributed by atoms with E-state index < -0.39 is 53.0 Å². The summed E-state index contributed by atoms with van der Waals surface area (Å²) < 4.78 is 31.1. The van der Waals surface area contributed by atoms with Crippen LogP contribution in [-0.4, -0.2) is 64.6 Å². The smallest absolute Gasteiger partial charge is 0.349 e. The Labute approximate surface area is 302 Å². The number of benzene rings is 3.